The highest BCUT2D eigenvalue weighted by Crippen LogP contribution is 2.38. The average molecular weight is 403 g/mol. The molecule has 0 atom stereocenters. The minimum atomic E-state index is -3.71. The molecule has 7 heteroatoms. The summed E-state index contributed by atoms with van der Waals surface area (Å²) in [6.45, 7) is 8.33. The van der Waals surface area contributed by atoms with Crippen LogP contribution in [0.5, 0.6) is 5.75 Å². The fourth-order valence-electron chi connectivity index (χ4n) is 3.14. The molecule has 2 aromatic carbocycles. The molecule has 1 aliphatic rings. The minimum absolute atomic E-state index is 0.0157. The number of amides is 1. The lowest BCUT2D eigenvalue weighted by Crippen LogP contribution is -2.42. The molecule has 0 radical (unpaired) electrons. The number of benzene rings is 2. The average Bonchev–Trinajstić information content (AvgIpc) is 2.76. The molecule has 0 saturated carbocycles. The molecule has 1 amide bonds. The first-order valence-electron chi connectivity index (χ1n) is 9.38. The van der Waals surface area contributed by atoms with Gasteiger partial charge < -0.3 is 9.64 Å². The van der Waals surface area contributed by atoms with Crippen molar-refractivity contribution < 1.29 is 17.9 Å². The Hall–Kier alpha value is -2.54. The predicted octanol–water partition coefficient (Wildman–Crippen LogP) is 3.82. The fourth-order valence-corrected chi connectivity index (χ4v) is 4.19. The van der Waals surface area contributed by atoms with Gasteiger partial charge in [0.25, 0.3) is 10.0 Å². The van der Waals surface area contributed by atoms with E-state index in [9.17, 15) is 13.2 Å². The minimum Gasteiger partial charge on any atom is -0.490 e. The summed E-state index contributed by atoms with van der Waals surface area (Å²) in [5.74, 6) is 0.473. The molecule has 0 aliphatic carbocycles. The first-order chi connectivity index (χ1) is 13.2. The van der Waals surface area contributed by atoms with Crippen LogP contribution < -0.4 is 14.4 Å². The highest BCUT2D eigenvalue weighted by Gasteiger charge is 2.37. The van der Waals surface area contributed by atoms with Crippen molar-refractivity contribution >= 4 is 27.3 Å². The number of sulfonamides is 1. The monoisotopic (exact) mass is 402 g/mol. The Labute approximate surface area is 166 Å². The van der Waals surface area contributed by atoms with Crippen LogP contribution in [0.4, 0.5) is 11.4 Å². The van der Waals surface area contributed by atoms with Crippen LogP contribution in [0.2, 0.25) is 0 Å². The summed E-state index contributed by atoms with van der Waals surface area (Å²) in [6.07, 6.45) is 0.846. The summed E-state index contributed by atoms with van der Waals surface area (Å²) in [4.78, 5) is 14.6. The summed E-state index contributed by atoms with van der Waals surface area (Å²) in [5.41, 5.74) is 1.45. The van der Waals surface area contributed by atoms with Gasteiger partial charge in [-0.15, -0.1) is 0 Å². The molecule has 1 heterocycles. The molecular weight excluding hydrogens is 376 g/mol. The maximum absolute atomic E-state index is 12.7. The van der Waals surface area contributed by atoms with Crippen molar-refractivity contribution in [3.63, 3.8) is 0 Å². The molecule has 150 valence electrons. The van der Waals surface area contributed by atoms with Gasteiger partial charge in [0, 0.05) is 12.6 Å². The van der Waals surface area contributed by atoms with Crippen LogP contribution in [-0.2, 0) is 21.2 Å². The third-order valence-corrected chi connectivity index (χ3v) is 6.27. The third-order valence-electron chi connectivity index (χ3n) is 4.87. The Morgan fingerprint density at radius 2 is 1.79 bits per heavy atom. The van der Waals surface area contributed by atoms with Crippen molar-refractivity contribution in [2.75, 3.05) is 22.8 Å². The van der Waals surface area contributed by atoms with Gasteiger partial charge in [-0.3, -0.25) is 9.52 Å². The molecule has 1 aliphatic heterocycles. The van der Waals surface area contributed by atoms with Gasteiger partial charge in [0.05, 0.1) is 21.7 Å². The maximum atomic E-state index is 12.7. The molecule has 28 heavy (non-hydrogen) atoms. The lowest BCUT2D eigenvalue weighted by molar-refractivity contribution is -0.127. The van der Waals surface area contributed by atoms with Gasteiger partial charge in [0.1, 0.15) is 12.4 Å². The maximum Gasteiger partial charge on any atom is 0.261 e. The van der Waals surface area contributed by atoms with E-state index in [1.807, 2.05) is 39.8 Å². The largest absolute Gasteiger partial charge is 0.490 e. The summed E-state index contributed by atoms with van der Waals surface area (Å²) in [7, 11) is -3.71. The van der Waals surface area contributed by atoms with Crippen LogP contribution in [0.3, 0.4) is 0 Å². The van der Waals surface area contributed by atoms with E-state index in [0.29, 0.717) is 23.7 Å². The Balaban J connectivity index is 1.91. The number of rotatable bonds is 5. The predicted molar refractivity (Wildman–Crippen MR) is 110 cm³/mol. The number of carbonyl (C=O) groups excluding carboxylic acids is 1. The Morgan fingerprint density at radius 3 is 2.39 bits per heavy atom. The highest BCUT2D eigenvalue weighted by atomic mass is 32.2. The van der Waals surface area contributed by atoms with Gasteiger partial charge in [-0.25, -0.2) is 8.42 Å². The molecule has 3 rings (SSSR count). The number of carbonyl (C=O) groups is 1. The first kappa shape index (κ1) is 20.2. The van der Waals surface area contributed by atoms with Crippen molar-refractivity contribution in [3.8, 4) is 5.75 Å². The standard InChI is InChI=1S/C21H26N2O4S/c1-5-15-7-10-17(11-8-15)28(25,26)22-16-9-12-18-19(13-16)27-14-21(3,4)20(24)23(18)6-2/h7-13,22H,5-6,14H2,1-4H3. The molecule has 0 saturated heterocycles. The van der Waals surface area contributed by atoms with E-state index in [4.69, 9.17) is 4.74 Å². The van der Waals surface area contributed by atoms with Crippen LogP contribution >= 0.6 is 0 Å². The summed E-state index contributed by atoms with van der Waals surface area (Å²) >= 11 is 0. The number of nitrogens with one attached hydrogen (secondary N) is 1. The Kier molecular flexibility index (Phi) is 5.39. The summed E-state index contributed by atoms with van der Waals surface area (Å²) < 4.78 is 33.8. The molecule has 0 fully saturated rings. The molecule has 6 nitrogen and oxygen atoms in total. The zero-order chi connectivity index (χ0) is 20.5. The first-order valence-corrected chi connectivity index (χ1v) is 10.9. The molecule has 2 aromatic rings. The van der Waals surface area contributed by atoms with E-state index in [-0.39, 0.29) is 17.4 Å². The zero-order valence-electron chi connectivity index (χ0n) is 16.7. The van der Waals surface area contributed by atoms with E-state index in [2.05, 4.69) is 4.72 Å². The fraction of sp³-hybridized carbons (Fsp3) is 0.381. The van der Waals surface area contributed by atoms with Gasteiger partial charge in [-0.1, -0.05) is 19.1 Å². The number of nitrogens with zero attached hydrogens (tertiary/aromatic N) is 1. The zero-order valence-corrected chi connectivity index (χ0v) is 17.5. The molecule has 0 aromatic heterocycles. The normalized spacial score (nSPS) is 16.1. The number of ether oxygens (including phenoxy) is 1. The van der Waals surface area contributed by atoms with E-state index in [1.54, 1.807) is 35.2 Å². The Bertz CT molecular complexity index is 982. The molecule has 0 spiro atoms. The number of fused-ring (bicyclic) bond motifs is 1. The highest BCUT2D eigenvalue weighted by molar-refractivity contribution is 7.92. The van der Waals surface area contributed by atoms with Crippen LogP contribution in [0, 0.1) is 5.41 Å². The molecular formula is C21H26N2O4S. The van der Waals surface area contributed by atoms with Crippen LogP contribution in [0.1, 0.15) is 33.3 Å². The summed E-state index contributed by atoms with van der Waals surface area (Å²) in [5, 5.41) is 0. The van der Waals surface area contributed by atoms with Crippen molar-refractivity contribution in [1.29, 1.82) is 0 Å². The van der Waals surface area contributed by atoms with Gasteiger partial charge in [-0.05, 0) is 57.0 Å². The van der Waals surface area contributed by atoms with E-state index < -0.39 is 15.4 Å². The number of hydrogen-bond acceptors (Lipinski definition) is 4. The lowest BCUT2D eigenvalue weighted by atomic mass is 9.93. The lowest BCUT2D eigenvalue weighted by Gasteiger charge is -2.26. The van der Waals surface area contributed by atoms with Crippen molar-refractivity contribution in [2.45, 2.75) is 39.0 Å². The van der Waals surface area contributed by atoms with Crippen LogP contribution in [-0.4, -0.2) is 27.5 Å². The Morgan fingerprint density at radius 1 is 1.11 bits per heavy atom. The summed E-state index contributed by atoms with van der Waals surface area (Å²) in [6, 6.07) is 11.8. The number of anilines is 2. The third kappa shape index (κ3) is 3.85. The number of aryl methyl sites for hydroxylation is 1. The second-order valence-corrected chi connectivity index (χ2v) is 9.19. The molecule has 0 bridgehead atoms. The van der Waals surface area contributed by atoms with Gasteiger partial charge in [0.2, 0.25) is 5.91 Å². The smallest absolute Gasteiger partial charge is 0.261 e. The molecule has 0 unspecified atom stereocenters. The van der Waals surface area contributed by atoms with Gasteiger partial charge in [0.15, 0.2) is 0 Å². The van der Waals surface area contributed by atoms with E-state index >= 15 is 0 Å². The number of hydrogen-bond donors (Lipinski definition) is 1. The topological polar surface area (TPSA) is 75.7 Å². The van der Waals surface area contributed by atoms with E-state index in [1.165, 1.54) is 0 Å². The SMILES string of the molecule is CCc1ccc(S(=O)(=O)Nc2ccc3c(c2)OCC(C)(C)C(=O)N3CC)cc1. The molecule has 1 N–H and O–H groups in total. The second-order valence-electron chi connectivity index (χ2n) is 7.51. The van der Waals surface area contributed by atoms with Crippen molar-refractivity contribution in [1.82, 2.24) is 0 Å². The van der Waals surface area contributed by atoms with Crippen LogP contribution in [0.25, 0.3) is 0 Å². The van der Waals surface area contributed by atoms with Crippen molar-refractivity contribution in [3.05, 3.63) is 48.0 Å². The van der Waals surface area contributed by atoms with Gasteiger partial charge >= 0.3 is 0 Å². The van der Waals surface area contributed by atoms with Gasteiger partial charge in [-0.2, -0.15) is 0 Å². The van der Waals surface area contributed by atoms with E-state index in [0.717, 1.165) is 12.0 Å². The van der Waals surface area contributed by atoms with Crippen LogP contribution in [0.15, 0.2) is 47.4 Å². The second kappa shape index (κ2) is 7.47. The van der Waals surface area contributed by atoms with Crippen molar-refractivity contribution in [2.24, 2.45) is 5.41 Å². The quantitative estimate of drug-likeness (QED) is 0.825.